The normalized spacial score (nSPS) is 11.4. The standard InChI is InChI=1S/C13H8Cl2N5O2S/c14-9-4-5-11(15)12(7-9)23(21,22)18-10-3-1-2-8(6-10)13-16-19-20-17-13/h1-7H,(H,16,17,19,20)/q-1. The molecule has 23 heavy (non-hydrogen) atoms. The largest absolute Gasteiger partial charge is 0.573 e. The Balaban J connectivity index is 1.95. The fourth-order valence-corrected chi connectivity index (χ4v) is 3.58. The van der Waals surface area contributed by atoms with E-state index >= 15 is 0 Å². The van der Waals surface area contributed by atoms with Crippen LogP contribution in [0, 0.1) is 0 Å². The summed E-state index contributed by atoms with van der Waals surface area (Å²) < 4.78 is 28.6. The molecule has 0 amide bonds. The Labute approximate surface area is 141 Å². The summed E-state index contributed by atoms with van der Waals surface area (Å²) in [6, 6.07) is 10.6. The Morgan fingerprint density at radius 2 is 1.91 bits per heavy atom. The van der Waals surface area contributed by atoms with Crippen LogP contribution in [0.4, 0.5) is 5.69 Å². The number of rotatable bonds is 4. The van der Waals surface area contributed by atoms with Crippen molar-refractivity contribution < 1.29 is 8.42 Å². The van der Waals surface area contributed by atoms with Crippen molar-refractivity contribution in [2.24, 2.45) is 0 Å². The lowest BCUT2D eigenvalue weighted by atomic mass is 10.2. The van der Waals surface area contributed by atoms with Crippen LogP contribution in [-0.4, -0.2) is 29.0 Å². The van der Waals surface area contributed by atoms with Gasteiger partial charge in [-0.2, -0.15) is 5.21 Å². The molecule has 118 valence electrons. The van der Waals surface area contributed by atoms with E-state index in [0.29, 0.717) is 11.4 Å². The number of benzene rings is 2. The van der Waals surface area contributed by atoms with E-state index in [4.69, 9.17) is 23.2 Å². The van der Waals surface area contributed by atoms with Gasteiger partial charge in [0.2, 0.25) is 5.82 Å². The predicted octanol–water partition coefficient (Wildman–Crippen LogP) is 3.57. The molecule has 2 aromatic carbocycles. The number of aromatic amines is 1. The van der Waals surface area contributed by atoms with Gasteiger partial charge < -0.3 is 4.72 Å². The number of hydrogen-bond acceptors (Lipinski definition) is 5. The maximum absolute atomic E-state index is 12.4. The molecule has 0 aliphatic heterocycles. The molecule has 0 saturated carbocycles. The molecule has 0 unspecified atom stereocenters. The summed E-state index contributed by atoms with van der Waals surface area (Å²) in [4.78, 5) is -0.156. The van der Waals surface area contributed by atoms with Crippen molar-refractivity contribution in [3.05, 3.63) is 57.2 Å². The molecular weight excluding hydrogens is 361 g/mol. The highest BCUT2D eigenvalue weighted by atomic mass is 35.5. The van der Waals surface area contributed by atoms with E-state index in [1.165, 1.54) is 24.3 Å². The summed E-state index contributed by atoms with van der Waals surface area (Å²) in [6.45, 7) is 0. The van der Waals surface area contributed by atoms with E-state index in [1.54, 1.807) is 18.2 Å². The zero-order chi connectivity index (χ0) is 16.4. The Kier molecular flexibility index (Phi) is 4.20. The highest BCUT2D eigenvalue weighted by molar-refractivity contribution is 7.94. The molecule has 3 aromatic rings. The number of halogens is 2. The molecule has 1 aromatic heterocycles. The van der Waals surface area contributed by atoms with E-state index in [1.807, 2.05) is 0 Å². The summed E-state index contributed by atoms with van der Waals surface area (Å²) in [5.41, 5.74) is 0.788. The van der Waals surface area contributed by atoms with Crippen LogP contribution in [0.2, 0.25) is 10.0 Å². The molecule has 1 heterocycles. The van der Waals surface area contributed by atoms with Crippen molar-refractivity contribution >= 4 is 38.9 Å². The molecule has 0 aliphatic rings. The summed E-state index contributed by atoms with van der Waals surface area (Å²) in [6.07, 6.45) is 0. The number of nitrogens with zero attached hydrogens (tertiary/aromatic N) is 4. The van der Waals surface area contributed by atoms with Crippen LogP contribution in [0.5, 0.6) is 0 Å². The number of sulfonamides is 1. The van der Waals surface area contributed by atoms with Gasteiger partial charge in [-0.1, -0.05) is 47.5 Å². The van der Waals surface area contributed by atoms with Crippen LogP contribution < -0.4 is 0 Å². The predicted molar refractivity (Wildman–Crippen MR) is 86.3 cm³/mol. The van der Waals surface area contributed by atoms with E-state index < -0.39 is 10.0 Å². The van der Waals surface area contributed by atoms with Crippen LogP contribution in [0.3, 0.4) is 0 Å². The molecule has 0 bridgehead atoms. The number of hydrogen-bond donors (Lipinski definition) is 1. The van der Waals surface area contributed by atoms with Crippen LogP contribution >= 0.6 is 23.2 Å². The minimum Gasteiger partial charge on any atom is -0.573 e. The average molecular weight is 369 g/mol. The number of H-pyrrole nitrogens is 1. The fourth-order valence-electron chi connectivity index (χ4n) is 1.85. The van der Waals surface area contributed by atoms with Crippen molar-refractivity contribution in [3.63, 3.8) is 0 Å². The lowest BCUT2D eigenvalue weighted by Gasteiger charge is -2.23. The van der Waals surface area contributed by atoms with Gasteiger partial charge in [0, 0.05) is 10.6 Å². The zero-order valence-corrected chi connectivity index (χ0v) is 13.6. The third kappa shape index (κ3) is 3.44. The van der Waals surface area contributed by atoms with Crippen molar-refractivity contribution in [1.29, 1.82) is 0 Å². The summed E-state index contributed by atoms with van der Waals surface area (Å²) >= 11 is 11.8. The smallest absolute Gasteiger partial charge is 0.204 e. The number of tetrazole rings is 1. The van der Waals surface area contributed by atoms with E-state index in [9.17, 15) is 8.42 Å². The van der Waals surface area contributed by atoms with Gasteiger partial charge in [0.25, 0.3) is 0 Å². The first-order valence-electron chi connectivity index (χ1n) is 6.23. The Morgan fingerprint density at radius 3 is 2.65 bits per heavy atom. The van der Waals surface area contributed by atoms with Crippen molar-refractivity contribution in [3.8, 4) is 11.4 Å². The average Bonchev–Trinajstić information content (AvgIpc) is 3.04. The SMILES string of the molecule is O=S(=O)([N-]c1cccc(-c2nn[nH]n2)c1)c1cc(Cl)ccc1Cl. The Bertz CT molecular complexity index is 945. The van der Waals surface area contributed by atoms with Crippen LogP contribution in [-0.2, 0) is 10.0 Å². The molecule has 7 nitrogen and oxygen atoms in total. The minimum atomic E-state index is -4.01. The molecule has 0 atom stereocenters. The molecule has 0 saturated heterocycles. The highest BCUT2D eigenvalue weighted by Crippen LogP contribution is 2.34. The summed E-state index contributed by atoms with van der Waals surface area (Å²) in [5.74, 6) is 0.334. The van der Waals surface area contributed by atoms with Crippen molar-refractivity contribution in [1.82, 2.24) is 20.6 Å². The molecule has 0 spiro atoms. The molecule has 10 heteroatoms. The van der Waals surface area contributed by atoms with Crippen LogP contribution in [0.25, 0.3) is 16.1 Å². The van der Waals surface area contributed by atoms with Gasteiger partial charge in [-0.05, 0) is 23.4 Å². The van der Waals surface area contributed by atoms with Crippen LogP contribution in [0.15, 0.2) is 47.4 Å². The van der Waals surface area contributed by atoms with Crippen molar-refractivity contribution in [2.45, 2.75) is 4.90 Å². The molecule has 0 fully saturated rings. The second kappa shape index (κ2) is 6.15. The highest BCUT2D eigenvalue weighted by Gasteiger charge is 2.11. The van der Waals surface area contributed by atoms with Crippen LogP contribution in [0.1, 0.15) is 0 Å². The van der Waals surface area contributed by atoms with Gasteiger partial charge in [-0.3, -0.25) is 0 Å². The first-order valence-corrected chi connectivity index (χ1v) is 8.42. The first-order chi connectivity index (χ1) is 11.0. The van der Waals surface area contributed by atoms with E-state index in [0.717, 1.165) is 0 Å². The van der Waals surface area contributed by atoms with Gasteiger partial charge in [0.1, 0.15) is 10.0 Å². The molecule has 3 rings (SSSR count). The quantitative estimate of drug-likeness (QED) is 0.757. The second-order valence-electron chi connectivity index (χ2n) is 4.43. The Hall–Kier alpha value is -2.16. The monoisotopic (exact) mass is 368 g/mol. The summed E-state index contributed by atoms with van der Waals surface area (Å²) in [5, 5.41) is 13.7. The van der Waals surface area contributed by atoms with Crippen molar-refractivity contribution in [2.75, 3.05) is 0 Å². The number of aromatic nitrogens is 4. The maximum atomic E-state index is 12.4. The Morgan fingerprint density at radius 1 is 1.09 bits per heavy atom. The zero-order valence-electron chi connectivity index (χ0n) is 11.3. The third-order valence-electron chi connectivity index (χ3n) is 2.85. The molecular formula is C13H8Cl2N5O2S-. The van der Waals surface area contributed by atoms with Gasteiger partial charge in [0.15, 0.2) is 0 Å². The lowest BCUT2D eigenvalue weighted by Crippen LogP contribution is -1.99. The number of nitrogens with one attached hydrogen (secondary N) is 1. The first kappa shape index (κ1) is 15.7. The molecule has 0 aliphatic carbocycles. The second-order valence-corrected chi connectivity index (χ2v) is 6.84. The third-order valence-corrected chi connectivity index (χ3v) is 4.87. The topological polar surface area (TPSA) is 103 Å². The summed E-state index contributed by atoms with van der Waals surface area (Å²) in [7, 11) is -4.01. The molecule has 1 N–H and O–H groups in total. The van der Waals surface area contributed by atoms with Gasteiger partial charge in [-0.15, -0.1) is 15.9 Å². The molecule has 0 radical (unpaired) electrons. The van der Waals surface area contributed by atoms with Gasteiger partial charge in [0.05, 0.1) is 9.92 Å². The fraction of sp³-hybridized carbons (Fsp3) is 0. The van der Waals surface area contributed by atoms with E-state index in [2.05, 4.69) is 25.3 Å². The maximum Gasteiger partial charge on any atom is 0.204 e. The van der Waals surface area contributed by atoms with Gasteiger partial charge >= 0.3 is 0 Å². The lowest BCUT2D eigenvalue weighted by molar-refractivity contribution is 0.603. The minimum absolute atomic E-state index is 0.0486. The van der Waals surface area contributed by atoms with Gasteiger partial charge in [-0.25, -0.2) is 8.42 Å². The van der Waals surface area contributed by atoms with E-state index in [-0.39, 0.29) is 20.6 Å².